The molecule has 168 valence electrons. The van der Waals surface area contributed by atoms with E-state index in [2.05, 4.69) is 4.74 Å². The number of rotatable bonds is 11. The second kappa shape index (κ2) is 11.8. The van der Waals surface area contributed by atoms with Crippen LogP contribution < -0.4 is 18.9 Å². The number of carbonyl (C=O) groups excluding carboxylic acids is 1. The standard InChI is InChI=1S/C23H27F2NO5/c1-5-26(15-17-8-10-18(28-3)20(14-17)29-4)22(27)12-9-16-7-11-19(31-23(24)25)21(13-16)30-6-2/h7-14,23H,5-6,15H2,1-4H3/b12-9+. The molecule has 0 aliphatic rings. The van der Waals surface area contributed by atoms with Gasteiger partial charge in [-0.3, -0.25) is 4.79 Å². The monoisotopic (exact) mass is 435 g/mol. The quantitative estimate of drug-likeness (QED) is 0.476. The lowest BCUT2D eigenvalue weighted by atomic mass is 10.1. The third kappa shape index (κ3) is 6.87. The molecule has 0 bridgehead atoms. The minimum atomic E-state index is -2.95. The van der Waals surface area contributed by atoms with Gasteiger partial charge in [0.05, 0.1) is 20.8 Å². The van der Waals surface area contributed by atoms with Crippen LogP contribution in [0.1, 0.15) is 25.0 Å². The Bertz CT molecular complexity index is 902. The number of likely N-dealkylation sites (N-methyl/N-ethyl adjacent to an activating group) is 1. The topological polar surface area (TPSA) is 57.2 Å². The predicted molar refractivity (Wildman–Crippen MR) is 114 cm³/mol. The Balaban J connectivity index is 2.13. The first-order chi connectivity index (χ1) is 14.9. The van der Waals surface area contributed by atoms with E-state index in [1.165, 1.54) is 12.1 Å². The van der Waals surface area contributed by atoms with Crippen LogP contribution in [0.3, 0.4) is 0 Å². The molecule has 1 amide bonds. The molecule has 0 saturated carbocycles. The van der Waals surface area contributed by atoms with Crippen molar-refractivity contribution in [2.45, 2.75) is 27.0 Å². The summed E-state index contributed by atoms with van der Waals surface area (Å²) < 4.78 is 45.4. The van der Waals surface area contributed by atoms with Gasteiger partial charge in [-0.05, 0) is 55.3 Å². The fourth-order valence-electron chi connectivity index (χ4n) is 2.91. The van der Waals surface area contributed by atoms with Gasteiger partial charge in [0.1, 0.15) is 0 Å². The highest BCUT2D eigenvalue weighted by molar-refractivity contribution is 5.91. The molecule has 2 rings (SSSR count). The van der Waals surface area contributed by atoms with E-state index in [4.69, 9.17) is 14.2 Å². The first kappa shape index (κ1) is 24.0. The van der Waals surface area contributed by atoms with Crippen LogP contribution in [0, 0.1) is 0 Å². The first-order valence-corrected chi connectivity index (χ1v) is 9.81. The first-order valence-electron chi connectivity index (χ1n) is 9.81. The molecule has 0 saturated heterocycles. The molecule has 0 aliphatic heterocycles. The molecule has 2 aromatic carbocycles. The fraction of sp³-hybridized carbons (Fsp3) is 0.348. The Morgan fingerprint density at radius 2 is 1.71 bits per heavy atom. The van der Waals surface area contributed by atoms with Crippen molar-refractivity contribution in [3.05, 3.63) is 53.6 Å². The highest BCUT2D eigenvalue weighted by Crippen LogP contribution is 2.30. The fourth-order valence-corrected chi connectivity index (χ4v) is 2.91. The second-order valence-electron chi connectivity index (χ2n) is 6.39. The summed E-state index contributed by atoms with van der Waals surface area (Å²) in [5, 5.41) is 0. The lowest BCUT2D eigenvalue weighted by Crippen LogP contribution is -2.28. The van der Waals surface area contributed by atoms with Gasteiger partial charge in [-0.2, -0.15) is 8.78 Å². The number of amides is 1. The van der Waals surface area contributed by atoms with Crippen molar-refractivity contribution in [2.75, 3.05) is 27.4 Å². The highest BCUT2D eigenvalue weighted by Gasteiger charge is 2.13. The average molecular weight is 435 g/mol. The van der Waals surface area contributed by atoms with Crippen molar-refractivity contribution in [1.29, 1.82) is 0 Å². The molecule has 0 unspecified atom stereocenters. The van der Waals surface area contributed by atoms with Crippen LogP contribution in [0.4, 0.5) is 8.78 Å². The summed E-state index contributed by atoms with van der Waals surface area (Å²) >= 11 is 0. The highest BCUT2D eigenvalue weighted by atomic mass is 19.3. The summed E-state index contributed by atoms with van der Waals surface area (Å²) in [4.78, 5) is 14.3. The van der Waals surface area contributed by atoms with Crippen molar-refractivity contribution >= 4 is 12.0 Å². The van der Waals surface area contributed by atoms with Crippen molar-refractivity contribution in [1.82, 2.24) is 4.90 Å². The molecule has 31 heavy (non-hydrogen) atoms. The van der Waals surface area contributed by atoms with Crippen LogP contribution in [0.2, 0.25) is 0 Å². The van der Waals surface area contributed by atoms with Crippen molar-refractivity contribution < 1.29 is 32.5 Å². The zero-order chi connectivity index (χ0) is 22.8. The molecule has 6 nitrogen and oxygen atoms in total. The van der Waals surface area contributed by atoms with Crippen molar-refractivity contribution in [3.8, 4) is 23.0 Å². The van der Waals surface area contributed by atoms with Gasteiger partial charge in [-0.1, -0.05) is 12.1 Å². The Hall–Kier alpha value is -3.29. The van der Waals surface area contributed by atoms with Gasteiger partial charge in [0, 0.05) is 19.2 Å². The second-order valence-corrected chi connectivity index (χ2v) is 6.39. The number of ether oxygens (including phenoxy) is 4. The zero-order valence-corrected chi connectivity index (χ0v) is 18.1. The van der Waals surface area contributed by atoms with Gasteiger partial charge in [0.2, 0.25) is 5.91 Å². The summed E-state index contributed by atoms with van der Waals surface area (Å²) in [7, 11) is 3.12. The van der Waals surface area contributed by atoms with Gasteiger partial charge >= 0.3 is 6.61 Å². The van der Waals surface area contributed by atoms with E-state index in [1.807, 2.05) is 19.1 Å². The van der Waals surface area contributed by atoms with E-state index >= 15 is 0 Å². The molecule has 0 radical (unpaired) electrons. The van der Waals surface area contributed by atoms with Gasteiger partial charge in [-0.25, -0.2) is 0 Å². The maximum atomic E-state index is 12.7. The van der Waals surface area contributed by atoms with E-state index in [0.717, 1.165) is 5.56 Å². The zero-order valence-electron chi connectivity index (χ0n) is 18.1. The molecular formula is C23H27F2NO5. The minimum Gasteiger partial charge on any atom is -0.493 e. The van der Waals surface area contributed by atoms with E-state index in [1.54, 1.807) is 50.3 Å². The van der Waals surface area contributed by atoms with Crippen LogP contribution in [0.5, 0.6) is 23.0 Å². The van der Waals surface area contributed by atoms with Gasteiger partial charge in [0.25, 0.3) is 0 Å². The summed E-state index contributed by atoms with van der Waals surface area (Å²) in [6, 6.07) is 10.0. The number of methoxy groups -OCH3 is 2. The van der Waals surface area contributed by atoms with Gasteiger partial charge < -0.3 is 23.8 Å². The largest absolute Gasteiger partial charge is 0.493 e. The maximum Gasteiger partial charge on any atom is 0.387 e. The summed E-state index contributed by atoms with van der Waals surface area (Å²) in [5.41, 5.74) is 1.52. The Morgan fingerprint density at radius 3 is 2.32 bits per heavy atom. The predicted octanol–water partition coefficient (Wildman–Crippen LogP) is 4.77. The van der Waals surface area contributed by atoms with Gasteiger partial charge in [-0.15, -0.1) is 0 Å². The number of carbonyl (C=O) groups is 1. The normalized spacial score (nSPS) is 10.9. The number of halogens is 2. The summed E-state index contributed by atoms with van der Waals surface area (Å²) in [6.45, 7) is 1.87. The lowest BCUT2D eigenvalue weighted by molar-refractivity contribution is -0.126. The molecule has 0 fully saturated rings. The number of hydrogen-bond donors (Lipinski definition) is 0. The van der Waals surface area contributed by atoms with Crippen LogP contribution in [-0.2, 0) is 11.3 Å². The van der Waals surface area contributed by atoms with E-state index in [0.29, 0.717) is 36.8 Å². The van der Waals surface area contributed by atoms with Crippen LogP contribution in [0.25, 0.3) is 6.08 Å². The SMILES string of the molecule is CCOc1cc(/C=C/C(=O)N(CC)Cc2ccc(OC)c(OC)c2)ccc1OC(F)F. The van der Waals surface area contributed by atoms with Crippen LogP contribution >= 0.6 is 0 Å². The van der Waals surface area contributed by atoms with E-state index in [9.17, 15) is 13.6 Å². The summed E-state index contributed by atoms with van der Waals surface area (Å²) in [5.74, 6) is 1.15. The molecular weight excluding hydrogens is 408 g/mol. The number of hydrogen-bond acceptors (Lipinski definition) is 5. The van der Waals surface area contributed by atoms with E-state index < -0.39 is 6.61 Å². The average Bonchev–Trinajstić information content (AvgIpc) is 2.76. The van der Waals surface area contributed by atoms with Crippen LogP contribution in [0.15, 0.2) is 42.5 Å². The third-order valence-corrected chi connectivity index (χ3v) is 4.42. The van der Waals surface area contributed by atoms with E-state index in [-0.39, 0.29) is 17.4 Å². The molecule has 0 aromatic heterocycles. The van der Waals surface area contributed by atoms with Gasteiger partial charge in [0.15, 0.2) is 23.0 Å². The number of alkyl halides is 2. The number of benzene rings is 2. The Labute approximate surface area is 181 Å². The molecule has 0 spiro atoms. The smallest absolute Gasteiger partial charge is 0.387 e. The Morgan fingerprint density at radius 1 is 1.00 bits per heavy atom. The lowest BCUT2D eigenvalue weighted by Gasteiger charge is -2.20. The summed E-state index contributed by atoms with van der Waals surface area (Å²) in [6.07, 6.45) is 3.04. The Kier molecular flexibility index (Phi) is 9.12. The number of nitrogens with zero attached hydrogens (tertiary/aromatic N) is 1. The van der Waals surface area contributed by atoms with Crippen LogP contribution in [-0.4, -0.2) is 44.8 Å². The van der Waals surface area contributed by atoms with Crippen molar-refractivity contribution in [3.63, 3.8) is 0 Å². The molecule has 8 heteroatoms. The molecule has 0 N–H and O–H groups in total. The molecule has 0 atom stereocenters. The molecule has 0 heterocycles. The van der Waals surface area contributed by atoms with Crippen molar-refractivity contribution in [2.24, 2.45) is 0 Å². The molecule has 0 aliphatic carbocycles. The third-order valence-electron chi connectivity index (χ3n) is 4.42. The minimum absolute atomic E-state index is 0.0519. The molecule has 2 aromatic rings. The maximum absolute atomic E-state index is 12.7.